The number of amides is 2. The Bertz CT molecular complexity index is 1040. The summed E-state index contributed by atoms with van der Waals surface area (Å²) < 4.78 is 70.6. The minimum Gasteiger partial charge on any atom is -0.485 e. The van der Waals surface area contributed by atoms with Gasteiger partial charge >= 0.3 is 12.1 Å². The van der Waals surface area contributed by atoms with Gasteiger partial charge in [0, 0.05) is 25.1 Å². The molecular weight excluding hydrogens is 540 g/mol. The molecule has 0 radical (unpaired) electrons. The minimum atomic E-state index is -1.79. The molecule has 2 fully saturated rings. The monoisotopic (exact) mass is 576 g/mol. The van der Waals surface area contributed by atoms with E-state index in [0.717, 1.165) is 25.7 Å². The van der Waals surface area contributed by atoms with Gasteiger partial charge in [-0.2, -0.15) is 8.78 Å². The zero-order valence-electron chi connectivity index (χ0n) is 22.8. The molecule has 9 nitrogen and oxygen atoms in total. The van der Waals surface area contributed by atoms with Crippen molar-refractivity contribution in [3.63, 3.8) is 0 Å². The van der Waals surface area contributed by atoms with Crippen LogP contribution in [0, 0.1) is 29.2 Å². The van der Waals surface area contributed by atoms with E-state index in [1.54, 1.807) is 20.8 Å². The summed E-state index contributed by atoms with van der Waals surface area (Å²) >= 11 is 0. The van der Waals surface area contributed by atoms with Crippen molar-refractivity contribution in [3.05, 3.63) is 29.3 Å². The number of hydrogen-bond donors (Lipinski definition) is 2. The predicted octanol–water partition coefficient (Wildman–Crippen LogP) is 3.99. The molecule has 1 aliphatic heterocycles. The van der Waals surface area contributed by atoms with Crippen molar-refractivity contribution in [2.75, 3.05) is 19.7 Å². The summed E-state index contributed by atoms with van der Waals surface area (Å²) in [5.41, 5.74) is -0.877. The molecule has 3 rings (SSSR count). The molecule has 0 aromatic heterocycles. The Kier molecular flexibility index (Phi) is 10.6. The molecule has 1 unspecified atom stereocenters. The number of carbonyl (C=O) groups excluding carboxylic acids is 3. The molecule has 0 spiro atoms. The normalized spacial score (nSPS) is 18.2. The number of likely N-dealkylation sites (tertiary alicyclic amines) is 1. The van der Waals surface area contributed by atoms with Crippen LogP contribution in [-0.2, 0) is 19.1 Å². The zero-order chi connectivity index (χ0) is 29.6. The third-order valence-electron chi connectivity index (χ3n) is 6.76. The lowest BCUT2D eigenvalue weighted by atomic mass is 9.95. The lowest BCUT2D eigenvalue weighted by Gasteiger charge is -2.33. The zero-order valence-corrected chi connectivity index (χ0v) is 22.8. The fourth-order valence-electron chi connectivity index (χ4n) is 4.66. The van der Waals surface area contributed by atoms with Gasteiger partial charge in [-0.1, -0.05) is 0 Å². The van der Waals surface area contributed by atoms with E-state index in [1.807, 2.05) is 0 Å². The molecule has 0 bridgehead atoms. The van der Waals surface area contributed by atoms with E-state index in [4.69, 9.17) is 14.2 Å². The number of benzene rings is 1. The first-order valence-electron chi connectivity index (χ1n) is 13.4. The maximum atomic E-state index is 14.0. The van der Waals surface area contributed by atoms with Crippen LogP contribution < -0.4 is 10.1 Å². The van der Waals surface area contributed by atoms with E-state index in [9.17, 15) is 37.1 Å². The average molecular weight is 577 g/mol. The van der Waals surface area contributed by atoms with E-state index >= 15 is 0 Å². The third-order valence-corrected chi connectivity index (χ3v) is 6.76. The van der Waals surface area contributed by atoms with Gasteiger partial charge in [0.1, 0.15) is 24.4 Å². The largest absolute Gasteiger partial charge is 0.485 e. The first-order chi connectivity index (χ1) is 18.7. The van der Waals surface area contributed by atoms with Crippen LogP contribution in [0.4, 0.5) is 22.4 Å². The number of esters is 1. The highest BCUT2D eigenvalue weighted by Crippen LogP contribution is 2.27. The van der Waals surface area contributed by atoms with Gasteiger partial charge in [-0.25, -0.2) is 13.6 Å². The van der Waals surface area contributed by atoms with Gasteiger partial charge in [0.15, 0.2) is 17.4 Å². The maximum absolute atomic E-state index is 14.0. The Hall–Kier alpha value is -3.09. The second kappa shape index (κ2) is 13.5. The van der Waals surface area contributed by atoms with Gasteiger partial charge in [0.2, 0.25) is 17.5 Å². The van der Waals surface area contributed by atoms with Gasteiger partial charge in [-0.3, -0.25) is 9.59 Å². The first kappa shape index (κ1) is 31.4. The van der Waals surface area contributed by atoms with E-state index in [1.165, 1.54) is 4.90 Å². The second-order valence-corrected chi connectivity index (χ2v) is 11.1. The van der Waals surface area contributed by atoms with Crippen LogP contribution in [0.25, 0.3) is 0 Å². The summed E-state index contributed by atoms with van der Waals surface area (Å²) in [7, 11) is 0. The standard InChI is InChI=1S/C27H36F4N2O7/c1-27(2,3)40-21(35)13-19(20(34)14-38-24-22(30)17(28)12-18(29)23(24)31)32-25(36)15-8-10-33(11-9-15)26(37)39-16-6-4-5-7-16/h12,15-16,19-20,34H,4-11,13-14H2,1-3H3,(H,32,36)/t19-,20?/m0/s1. The van der Waals surface area contributed by atoms with Crippen molar-refractivity contribution < 1.29 is 51.3 Å². The molecule has 1 aromatic carbocycles. The minimum absolute atomic E-state index is 0.0131. The number of nitrogens with zero attached hydrogens (tertiary/aromatic N) is 1. The van der Waals surface area contributed by atoms with Crippen LogP contribution in [-0.4, -0.2) is 71.5 Å². The molecule has 2 atom stereocenters. The third kappa shape index (κ3) is 8.70. The van der Waals surface area contributed by atoms with Crippen molar-refractivity contribution in [3.8, 4) is 5.75 Å². The second-order valence-electron chi connectivity index (χ2n) is 11.1. The van der Waals surface area contributed by atoms with Crippen molar-refractivity contribution in [2.45, 2.75) is 89.6 Å². The summed E-state index contributed by atoms with van der Waals surface area (Å²) in [6.07, 6.45) is 1.56. The summed E-state index contributed by atoms with van der Waals surface area (Å²) in [6, 6.07) is -1.31. The molecule has 2 N–H and O–H groups in total. The Labute approximate surface area is 230 Å². The fraction of sp³-hybridized carbons (Fsp3) is 0.667. The fourth-order valence-corrected chi connectivity index (χ4v) is 4.66. The first-order valence-corrected chi connectivity index (χ1v) is 13.4. The quantitative estimate of drug-likeness (QED) is 0.260. The number of ether oxygens (including phenoxy) is 3. The highest BCUT2D eigenvalue weighted by Gasteiger charge is 2.34. The number of aliphatic hydroxyl groups is 1. The number of nitrogens with one attached hydrogen (secondary N) is 1. The topological polar surface area (TPSA) is 114 Å². The van der Waals surface area contributed by atoms with Gasteiger partial charge in [-0.15, -0.1) is 0 Å². The number of hydrogen-bond acceptors (Lipinski definition) is 7. The molecular formula is C27H36F4N2O7. The van der Waals surface area contributed by atoms with E-state index in [0.29, 0.717) is 12.8 Å². The SMILES string of the molecule is CC(C)(C)OC(=O)C[C@H](NC(=O)C1CCN(C(=O)OC2CCCC2)CC1)C(O)COc1c(F)c(F)cc(F)c1F. The molecule has 1 saturated heterocycles. The van der Waals surface area contributed by atoms with Crippen LogP contribution in [0.1, 0.15) is 65.7 Å². The molecule has 224 valence electrons. The average Bonchev–Trinajstić information content (AvgIpc) is 3.39. The smallest absolute Gasteiger partial charge is 0.410 e. The van der Waals surface area contributed by atoms with Crippen LogP contribution in [0.15, 0.2) is 6.07 Å². The molecule has 2 aliphatic rings. The number of aliphatic hydroxyl groups excluding tert-OH is 1. The Morgan fingerprint density at radius 1 is 1.02 bits per heavy atom. The number of piperidine rings is 1. The highest BCUT2D eigenvalue weighted by molar-refractivity contribution is 5.80. The van der Waals surface area contributed by atoms with Gasteiger partial charge in [-0.05, 0) is 59.3 Å². The predicted molar refractivity (Wildman–Crippen MR) is 133 cm³/mol. The van der Waals surface area contributed by atoms with Crippen LogP contribution in [0.3, 0.4) is 0 Å². The number of carbonyl (C=O) groups is 3. The van der Waals surface area contributed by atoms with E-state index in [-0.39, 0.29) is 25.3 Å². The van der Waals surface area contributed by atoms with Gasteiger partial charge in [0.25, 0.3) is 0 Å². The molecule has 1 heterocycles. The molecule has 1 aromatic rings. The number of halogens is 4. The number of rotatable bonds is 9. The molecule has 40 heavy (non-hydrogen) atoms. The van der Waals surface area contributed by atoms with Crippen molar-refractivity contribution in [1.29, 1.82) is 0 Å². The highest BCUT2D eigenvalue weighted by atomic mass is 19.2. The van der Waals surface area contributed by atoms with Crippen LogP contribution >= 0.6 is 0 Å². The Morgan fingerprint density at radius 3 is 2.15 bits per heavy atom. The molecule has 13 heteroatoms. The summed E-state index contributed by atoms with van der Waals surface area (Å²) in [5.74, 6) is -10.2. The Balaban J connectivity index is 1.62. The maximum Gasteiger partial charge on any atom is 0.410 e. The van der Waals surface area contributed by atoms with Crippen LogP contribution in [0.5, 0.6) is 5.75 Å². The van der Waals surface area contributed by atoms with Crippen molar-refractivity contribution >= 4 is 18.0 Å². The Morgan fingerprint density at radius 2 is 1.60 bits per heavy atom. The summed E-state index contributed by atoms with van der Waals surface area (Å²) in [6.45, 7) is 4.50. The van der Waals surface area contributed by atoms with E-state index in [2.05, 4.69) is 5.32 Å². The van der Waals surface area contributed by atoms with E-state index < -0.39 is 83.7 Å². The molecule has 1 aliphatic carbocycles. The lowest BCUT2D eigenvalue weighted by molar-refractivity contribution is -0.156. The van der Waals surface area contributed by atoms with Crippen molar-refractivity contribution in [2.24, 2.45) is 5.92 Å². The van der Waals surface area contributed by atoms with Crippen LogP contribution in [0.2, 0.25) is 0 Å². The summed E-state index contributed by atoms with van der Waals surface area (Å²) in [4.78, 5) is 39.4. The molecule has 1 saturated carbocycles. The lowest BCUT2D eigenvalue weighted by Crippen LogP contribution is -2.51. The van der Waals surface area contributed by atoms with Gasteiger partial charge in [0.05, 0.1) is 12.5 Å². The van der Waals surface area contributed by atoms with Gasteiger partial charge < -0.3 is 29.5 Å². The molecule has 2 amide bonds. The summed E-state index contributed by atoms with van der Waals surface area (Å²) in [5, 5.41) is 13.2. The van der Waals surface area contributed by atoms with Crippen molar-refractivity contribution in [1.82, 2.24) is 10.2 Å².